The Bertz CT molecular complexity index is 69.1. The van der Waals surface area contributed by atoms with Crippen LogP contribution in [-0.4, -0.2) is 42.4 Å². The van der Waals surface area contributed by atoms with Gasteiger partial charge in [-0.25, -0.2) is 10.1 Å². The number of hydroxylamine groups is 3. The Morgan fingerprint density at radius 2 is 2.00 bits per heavy atom. The molecule has 0 heterocycles. The summed E-state index contributed by atoms with van der Waals surface area (Å²) in [6.45, 7) is 0.864. The van der Waals surface area contributed by atoms with Crippen LogP contribution in [0, 0.1) is 0 Å². The van der Waals surface area contributed by atoms with Gasteiger partial charge in [0, 0.05) is 6.42 Å². The molecule has 0 aliphatic rings. The zero-order valence-electron chi connectivity index (χ0n) is 5.87. The number of quaternary nitrogens is 1. The van der Waals surface area contributed by atoms with Crippen molar-refractivity contribution in [3.63, 3.8) is 0 Å². The van der Waals surface area contributed by atoms with Crippen LogP contribution in [-0.2, 0) is 4.89 Å². The average molecular weight is 136 g/mol. The molecule has 0 spiro atoms. The molecule has 4 heteroatoms. The zero-order chi connectivity index (χ0) is 7.33. The van der Waals surface area contributed by atoms with Crippen LogP contribution in [0.15, 0.2) is 0 Å². The standard InChI is InChI=1S/C5H13NO3/c1-6(2,7)4-3-5-9-8/h7H,3-5H2,1-2H3/p+1. The van der Waals surface area contributed by atoms with Gasteiger partial charge in [0.1, 0.15) is 6.54 Å². The molecule has 0 aromatic rings. The number of nitrogens with zero attached hydrogens (tertiary/aromatic N) is 1. The fourth-order valence-electron chi connectivity index (χ4n) is 0.516. The second-order valence-corrected chi connectivity index (χ2v) is 2.53. The quantitative estimate of drug-likeness (QED) is 0.253. The van der Waals surface area contributed by atoms with E-state index >= 15 is 0 Å². The topological polar surface area (TPSA) is 49.7 Å². The van der Waals surface area contributed by atoms with E-state index in [1.54, 1.807) is 14.1 Å². The maximum atomic E-state index is 9.04. The van der Waals surface area contributed by atoms with Gasteiger partial charge in [-0.05, 0) is 0 Å². The molecular formula is C5H14NO3+. The van der Waals surface area contributed by atoms with Crippen molar-refractivity contribution in [1.82, 2.24) is 0 Å². The van der Waals surface area contributed by atoms with Crippen LogP contribution < -0.4 is 0 Å². The van der Waals surface area contributed by atoms with E-state index in [9.17, 15) is 0 Å². The lowest BCUT2D eigenvalue weighted by Crippen LogP contribution is -2.36. The Balaban J connectivity index is 3.07. The molecular weight excluding hydrogens is 122 g/mol. The minimum absolute atomic E-state index is 0.0800. The summed E-state index contributed by atoms with van der Waals surface area (Å²) in [5.74, 6) is 0. The molecule has 0 amide bonds. The van der Waals surface area contributed by atoms with Crippen LogP contribution in [0.25, 0.3) is 0 Å². The van der Waals surface area contributed by atoms with Crippen LogP contribution in [0.1, 0.15) is 6.42 Å². The van der Waals surface area contributed by atoms with Crippen molar-refractivity contribution >= 4 is 0 Å². The van der Waals surface area contributed by atoms with Crippen LogP contribution in [0.3, 0.4) is 0 Å². The van der Waals surface area contributed by atoms with Crippen molar-refractivity contribution in [3.05, 3.63) is 0 Å². The summed E-state index contributed by atoms with van der Waals surface area (Å²) < 4.78 is -0.0800. The molecule has 0 atom stereocenters. The van der Waals surface area contributed by atoms with Crippen molar-refractivity contribution in [2.24, 2.45) is 0 Å². The summed E-state index contributed by atoms with van der Waals surface area (Å²) >= 11 is 0. The highest BCUT2D eigenvalue weighted by molar-refractivity contribution is 4.27. The van der Waals surface area contributed by atoms with E-state index in [0.717, 1.165) is 0 Å². The fraction of sp³-hybridized carbons (Fsp3) is 1.00. The molecule has 56 valence electrons. The molecule has 0 aliphatic carbocycles. The third kappa shape index (κ3) is 7.84. The summed E-state index contributed by atoms with van der Waals surface area (Å²) in [5, 5.41) is 16.9. The van der Waals surface area contributed by atoms with E-state index in [-0.39, 0.29) is 11.3 Å². The smallest absolute Gasteiger partial charge is 0.111 e. The Labute approximate surface area is 54.8 Å². The molecule has 0 fully saturated rings. The lowest BCUT2D eigenvalue weighted by molar-refractivity contribution is -1.07. The van der Waals surface area contributed by atoms with Gasteiger partial charge in [-0.1, -0.05) is 0 Å². The first kappa shape index (κ1) is 8.84. The molecule has 0 bridgehead atoms. The number of rotatable bonds is 4. The third-order valence-corrected chi connectivity index (χ3v) is 0.941. The van der Waals surface area contributed by atoms with Gasteiger partial charge in [0.2, 0.25) is 0 Å². The van der Waals surface area contributed by atoms with Gasteiger partial charge in [-0.3, -0.25) is 5.26 Å². The van der Waals surface area contributed by atoms with Crippen LogP contribution in [0.5, 0.6) is 0 Å². The van der Waals surface area contributed by atoms with Crippen LogP contribution in [0.2, 0.25) is 0 Å². The maximum Gasteiger partial charge on any atom is 0.111 e. The van der Waals surface area contributed by atoms with E-state index in [1.807, 2.05) is 0 Å². The highest BCUT2D eigenvalue weighted by atomic mass is 17.1. The highest BCUT2D eigenvalue weighted by Crippen LogP contribution is 1.91. The normalized spacial score (nSPS) is 12.0. The van der Waals surface area contributed by atoms with E-state index in [4.69, 9.17) is 10.5 Å². The Kier molecular flexibility index (Phi) is 3.72. The number of hydrogen-bond donors (Lipinski definition) is 2. The molecule has 0 unspecified atom stereocenters. The molecule has 0 radical (unpaired) electrons. The van der Waals surface area contributed by atoms with E-state index < -0.39 is 0 Å². The average Bonchev–Trinajstić information content (AvgIpc) is 1.63. The first-order valence-electron chi connectivity index (χ1n) is 2.88. The first-order valence-corrected chi connectivity index (χ1v) is 2.88. The van der Waals surface area contributed by atoms with E-state index in [0.29, 0.717) is 13.0 Å². The number of hydrogen-bond acceptors (Lipinski definition) is 3. The van der Waals surface area contributed by atoms with Crippen molar-refractivity contribution in [1.29, 1.82) is 0 Å². The maximum absolute atomic E-state index is 9.04. The second kappa shape index (κ2) is 3.79. The summed E-state index contributed by atoms with van der Waals surface area (Å²) in [6, 6.07) is 0. The molecule has 0 saturated heterocycles. The summed E-state index contributed by atoms with van der Waals surface area (Å²) in [4.78, 5) is 3.82. The van der Waals surface area contributed by atoms with Gasteiger partial charge in [-0.15, -0.1) is 0 Å². The summed E-state index contributed by atoms with van der Waals surface area (Å²) in [6.07, 6.45) is 0.653. The molecule has 0 rings (SSSR count). The molecule has 0 saturated carbocycles. The van der Waals surface area contributed by atoms with E-state index in [1.165, 1.54) is 0 Å². The van der Waals surface area contributed by atoms with Crippen molar-refractivity contribution < 1.29 is 20.0 Å². The van der Waals surface area contributed by atoms with Crippen molar-refractivity contribution in [3.8, 4) is 0 Å². The van der Waals surface area contributed by atoms with Gasteiger partial charge < -0.3 is 0 Å². The zero-order valence-corrected chi connectivity index (χ0v) is 5.87. The van der Waals surface area contributed by atoms with Gasteiger partial charge in [-0.2, -0.15) is 4.65 Å². The Morgan fingerprint density at radius 3 is 2.33 bits per heavy atom. The molecule has 4 nitrogen and oxygen atoms in total. The van der Waals surface area contributed by atoms with Gasteiger partial charge in [0.15, 0.2) is 0 Å². The lowest BCUT2D eigenvalue weighted by atomic mass is 10.4. The Morgan fingerprint density at radius 1 is 1.44 bits per heavy atom. The van der Waals surface area contributed by atoms with Crippen molar-refractivity contribution in [2.75, 3.05) is 27.2 Å². The summed E-state index contributed by atoms with van der Waals surface area (Å²) in [5.41, 5.74) is 0. The predicted octanol–water partition coefficient (Wildman–Crippen LogP) is 0.332. The minimum Gasteiger partial charge on any atom is -0.252 e. The molecule has 0 aliphatic heterocycles. The molecule has 0 aromatic carbocycles. The predicted molar refractivity (Wildman–Crippen MR) is 32.0 cm³/mol. The molecule has 2 N–H and O–H groups in total. The monoisotopic (exact) mass is 136 g/mol. The minimum atomic E-state index is -0.0800. The fourth-order valence-corrected chi connectivity index (χ4v) is 0.516. The molecule has 9 heavy (non-hydrogen) atoms. The summed E-state index contributed by atoms with van der Waals surface area (Å²) in [7, 11) is 3.33. The second-order valence-electron chi connectivity index (χ2n) is 2.53. The largest absolute Gasteiger partial charge is 0.252 e. The third-order valence-electron chi connectivity index (χ3n) is 0.941. The van der Waals surface area contributed by atoms with Crippen LogP contribution >= 0.6 is 0 Å². The lowest BCUT2D eigenvalue weighted by Gasteiger charge is -2.18. The SMILES string of the molecule is C[N+](C)(O)CCCOO. The van der Waals surface area contributed by atoms with Crippen LogP contribution in [0.4, 0.5) is 0 Å². The van der Waals surface area contributed by atoms with Gasteiger partial charge in [0.05, 0.1) is 20.7 Å². The van der Waals surface area contributed by atoms with Gasteiger partial charge in [0.25, 0.3) is 0 Å². The van der Waals surface area contributed by atoms with Gasteiger partial charge >= 0.3 is 0 Å². The van der Waals surface area contributed by atoms with Crippen molar-refractivity contribution in [2.45, 2.75) is 6.42 Å². The Hall–Kier alpha value is -0.160. The highest BCUT2D eigenvalue weighted by Gasteiger charge is 2.08. The first-order chi connectivity index (χ1) is 4.06. The van der Waals surface area contributed by atoms with E-state index in [2.05, 4.69) is 4.89 Å². The molecule has 0 aromatic heterocycles.